The maximum absolute atomic E-state index is 11.5. The summed E-state index contributed by atoms with van der Waals surface area (Å²) in [4.78, 5) is 11.5. The average Bonchev–Trinajstić information content (AvgIpc) is 2.31. The standard InChI is InChI=1S/C11H20N2O2/c14-10(15)11(3-6-12-7-4-11)9-2-1-5-13-8-9/h9,12-13H,1-8H2,(H,14,15). The molecule has 2 aliphatic heterocycles. The molecule has 2 rings (SSSR count). The predicted octanol–water partition coefficient (Wildman–Crippen LogP) is 0.440. The van der Waals surface area contributed by atoms with Gasteiger partial charge in [0.25, 0.3) is 0 Å². The lowest BCUT2D eigenvalue weighted by atomic mass is 9.66. The molecule has 2 fully saturated rings. The topological polar surface area (TPSA) is 61.4 Å². The number of nitrogens with one attached hydrogen (secondary N) is 2. The van der Waals surface area contributed by atoms with E-state index in [1.54, 1.807) is 0 Å². The molecule has 1 atom stereocenters. The van der Waals surface area contributed by atoms with E-state index in [9.17, 15) is 9.90 Å². The summed E-state index contributed by atoms with van der Waals surface area (Å²) in [6.07, 6.45) is 3.76. The molecule has 0 radical (unpaired) electrons. The SMILES string of the molecule is O=C(O)C1(C2CCCNC2)CCNCC1. The Bertz CT molecular complexity index is 231. The van der Waals surface area contributed by atoms with Gasteiger partial charge in [-0.25, -0.2) is 0 Å². The molecule has 0 aromatic rings. The number of hydrogen-bond acceptors (Lipinski definition) is 3. The first-order chi connectivity index (χ1) is 7.26. The van der Waals surface area contributed by atoms with Crippen molar-refractivity contribution in [3.63, 3.8) is 0 Å². The molecule has 3 N–H and O–H groups in total. The van der Waals surface area contributed by atoms with E-state index in [0.29, 0.717) is 5.92 Å². The molecule has 86 valence electrons. The van der Waals surface area contributed by atoms with Crippen LogP contribution in [0, 0.1) is 11.3 Å². The van der Waals surface area contributed by atoms with E-state index >= 15 is 0 Å². The molecule has 1 unspecified atom stereocenters. The third-order valence-electron chi connectivity index (χ3n) is 4.00. The minimum atomic E-state index is -0.585. The second-order valence-electron chi connectivity index (χ2n) is 4.75. The molecule has 0 aromatic heterocycles. The molecule has 0 bridgehead atoms. The number of hydrogen-bond donors (Lipinski definition) is 3. The van der Waals surface area contributed by atoms with Crippen LogP contribution in [-0.4, -0.2) is 37.3 Å². The van der Waals surface area contributed by atoms with Crippen LogP contribution in [0.3, 0.4) is 0 Å². The highest BCUT2D eigenvalue weighted by atomic mass is 16.4. The maximum atomic E-state index is 11.5. The van der Waals surface area contributed by atoms with Crippen molar-refractivity contribution in [2.24, 2.45) is 11.3 Å². The lowest BCUT2D eigenvalue weighted by Gasteiger charge is -2.42. The molecule has 4 heteroatoms. The van der Waals surface area contributed by atoms with Crippen LogP contribution in [0.15, 0.2) is 0 Å². The van der Waals surface area contributed by atoms with Crippen molar-refractivity contribution in [3.05, 3.63) is 0 Å². The Hall–Kier alpha value is -0.610. The van der Waals surface area contributed by atoms with Crippen LogP contribution in [0.25, 0.3) is 0 Å². The van der Waals surface area contributed by atoms with Gasteiger partial charge in [0, 0.05) is 0 Å². The van der Waals surface area contributed by atoms with Crippen LogP contribution in [0.1, 0.15) is 25.7 Å². The Morgan fingerprint density at radius 3 is 2.47 bits per heavy atom. The first kappa shape index (κ1) is 10.9. The Labute approximate surface area is 90.4 Å². The number of carboxylic acids is 1. The molecule has 0 aromatic carbocycles. The molecule has 0 spiro atoms. The first-order valence-corrected chi connectivity index (χ1v) is 5.90. The van der Waals surface area contributed by atoms with Crippen LogP contribution in [0.2, 0.25) is 0 Å². The number of rotatable bonds is 2. The fourth-order valence-electron chi connectivity index (χ4n) is 2.99. The minimum Gasteiger partial charge on any atom is -0.481 e. The molecule has 2 aliphatic rings. The lowest BCUT2D eigenvalue weighted by molar-refractivity contribution is -0.155. The van der Waals surface area contributed by atoms with E-state index in [-0.39, 0.29) is 0 Å². The van der Waals surface area contributed by atoms with Crippen LogP contribution < -0.4 is 10.6 Å². The smallest absolute Gasteiger partial charge is 0.310 e. The Kier molecular flexibility index (Phi) is 3.26. The van der Waals surface area contributed by atoms with Gasteiger partial charge in [0.1, 0.15) is 0 Å². The predicted molar refractivity (Wildman–Crippen MR) is 57.8 cm³/mol. The zero-order valence-electron chi connectivity index (χ0n) is 9.09. The zero-order valence-corrected chi connectivity index (χ0v) is 9.09. The van der Waals surface area contributed by atoms with Crippen molar-refractivity contribution in [1.82, 2.24) is 10.6 Å². The maximum Gasteiger partial charge on any atom is 0.310 e. The van der Waals surface area contributed by atoms with Crippen molar-refractivity contribution in [1.29, 1.82) is 0 Å². The van der Waals surface area contributed by atoms with Gasteiger partial charge in [0.05, 0.1) is 5.41 Å². The zero-order chi connectivity index (χ0) is 10.7. The number of carboxylic acid groups (broad SMARTS) is 1. The molecule has 0 aliphatic carbocycles. The van der Waals surface area contributed by atoms with Crippen LogP contribution in [0.4, 0.5) is 0 Å². The van der Waals surface area contributed by atoms with Gasteiger partial charge in [-0.1, -0.05) is 0 Å². The van der Waals surface area contributed by atoms with E-state index < -0.39 is 11.4 Å². The molecule has 2 heterocycles. The number of aliphatic carboxylic acids is 1. The number of piperidine rings is 2. The highest BCUT2D eigenvalue weighted by Gasteiger charge is 2.46. The minimum absolute atomic E-state index is 0.325. The summed E-state index contributed by atoms with van der Waals surface area (Å²) in [5.41, 5.74) is -0.460. The molecular weight excluding hydrogens is 192 g/mol. The molecule has 4 nitrogen and oxygen atoms in total. The molecule has 2 saturated heterocycles. The highest BCUT2D eigenvalue weighted by molar-refractivity contribution is 5.75. The normalized spacial score (nSPS) is 31.1. The Morgan fingerprint density at radius 2 is 1.93 bits per heavy atom. The second kappa shape index (κ2) is 4.49. The van der Waals surface area contributed by atoms with Crippen molar-refractivity contribution in [3.8, 4) is 0 Å². The summed E-state index contributed by atoms with van der Waals surface area (Å²) < 4.78 is 0. The highest BCUT2D eigenvalue weighted by Crippen LogP contribution is 2.40. The summed E-state index contributed by atoms with van der Waals surface area (Å²) in [6.45, 7) is 3.63. The van der Waals surface area contributed by atoms with Crippen molar-refractivity contribution in [2.45, 2.75) is 25.7 Å². The summed E-state index contributed by atoms with van der Waals surface area (Å²) in [5.74, 6) is -0.261. The van der Waals surface area contributed by atoms with Gasteiger partial charge in [-0.05, 0) is 57.8 Å². The third kappa shape index (κ3) is 2.01. The van der Waals surface area contributed by atoms with E-state index in [0.717, 1.165) is 51.9 Å². The van der Waals surface area contributed by atoms with Gasteiger partial charge < -0.3 is 15.7 Å². The van der Waals surface area contributed by atoms with Crippen molar-refractivity contribution >= 4 is 5.97 Å². The van der Waals surface area contributed by atoms with Gasteiger partial charge in [-0.3, -0.25) is 4.79 Å². The van der Waals surface area contributed by atoms with Crippen molar-refractivity contribution < 1.29 is 9.90 Å². The van der Waals surface area contributed by atoms with Gasteiger partial charge >= 0.3 is 5.97 Å². The molecular formula is C11H20N2O2. The second-order valence-corrected chi connectivity index (χ2v) is 4.75. The summed E-state index contributed by atoms with van der Waals surface area (Å²) in [7, 11) is 0. The molecule has 0 saturated carbocycles. The van der Waals surface area contributed by atoms with Crippen LogP contribution in [0.5, 0.6) is 0 Å². The van der Waals surface area contributed by atoms with Crippen LogP contribution in [-0.2, 0) is 4.79 Å². The molecule has 15 heavy (non-hydrogen) atoms. The number of carbonyl (C=O) groups is 1. The summed E-state index contributed by atoms with van der Waals surface area (Å²) >= 11 is 0. The van der Waals surface area contributed by atoms with E-state index in [2.05, 4.69) is 10.6 Å². The monoisotopic (exact) mass is 212 g/mol. The lowest BCUT2D eigenvalue weighted by Crippen LogP contribution is -2.51. The average molecular weight is 212 g/mol. The van der Waals surface area contributed by atoms with Crippen LogP contribution >= 0.6 is 0 Å². The first-order valence-electron chi connectivity index (χ1n) is 5.90. The van der Waals surface area contributed by atoms with Gasteiger partial charge in [-0.15, -0.1) is 0 Å². The Balaban J connectivity index is 2.12. The third-order valence-corrected chi connectivity index (χ3v) is 4.00. The van der Waals surface area contributed by atoms with Crippen molar-refractivity contribution in [2.75, 3.05) is 26.2 Å². The van der Waals surface area contributed by atoms with Gasteiger partial charge in [0.2, 0.25) is 0 Å². The molecule has 0 amide bonds. The van der Waals surface area contributed by atoms with E-state index in [1.807, 2.05) is 0 Å². The van der Waals surface area contributed by atoms with E-state index in [4.69, 9.17) is 0 Å². The van der Waals surface area contributed by atoms with Gasteiger partial charge in [-0.2, -0.15) is 0 Å². The largest absolute Gasteiger partial charge is 0.481 e. The summed E-state index contributed by atoms with van der Waals surface area (Å²) in [5, 5.41) is 16.1. The quantitative estimate of drug-likeness (QED) is 0.621. The summed E-state index contributed by atoms with van der Waals surface area (Å²) in [6, 6.07) is 0. The fraction of sp³-hybridized carbons (Fsp3) is 0.909. The Morgan fingerprint density at radius 1 is 1.20 bits per heavy atom. The van der Waals surface area contributed by atoms with E-state index in [1.165, 1.54) is 0 Å². The fourth-order valence-corrected chi connectivity index (χ4v) is 2.99. The van der Waals surface area contributed by atoms with Gasteiger partial charge in [0.15, 0.2) is 0 Å².